The first-order chi connectivity index (χ1) is 5.65. The predicted octanol–water partition coefficient (Wildman–Crippen LogP) is 0.483. The highest BCUT2D eigenvalue weighted by atomic mass is 35.5. The fraction of sp³-hybridized carbons (Fsp3) is 0.143. The van der Waals surface area contributed by atoms with Gasteiger partial charge >= 0.3 is 7.12 Å². The van der Waals surface area contributed by atoms with Gasteiger partial charge in [-0.05, 0) is 12.1 Å². The van der Waals surface area contributed by atoms with Crippen molar-refractivity contribution < 1.29 is 10.0 Å². The van der Waals surface area contributed by atoms with E-state index in [0.717, 1.165) is 5.69 Å². The topological polar surface area (TPSA) is 52.5 Å². The average Bonchev–Trinajstić information content (AvgIpc) is 2.03. The highest BCUT2D eigenvalue weighted by Crippen LogP contribution is 2.12. The van der Waals surface area contributed by atoms with Crippen molar-refractivity contribution in [1.29, 1.82) is 0 Å². The monoisotopic (exact) mass is 221 g/mol. The largest absolute Gasteiger partial charge is 0.489 e. The third-order valence-electron chi connectivity index (χ3n) is 1.57. The molecule has 3 N–H and O–H groups in total. The van der Waals surface area contributed by atoms with Crippen molar-refractivity contribution in [2.45, 2.75) is 0 Å². The van der Waals surface area contributed by atoms with Crippen molar-refractivity contribution >= 4 is 42.3 Å². The molecule has 0 radical (unpaired) electrons. The number of benzene rings is 1. The highest BCUT2D eigenvalue weighted by molar-refractivity contribution is 6.62. The lowest BCUT2D eigenvalue weighted by Gasteiger charge is -2.05. The first-order valence-electron chi connectivity index (χ1n) is 3.48. The zero-order chi connectivity index (χ0) is 9.14. The first kappa shape index (κ1) is 12.6. The fourth-order valence-electron chi connectivity index (χ4n) is 0.892. The summed E-state index contributed by atoms with van der Waals surface area (Å²) in [7, 11) is 0.254. The second-order valence-corrected chi connectivity index (χ2v) is 2.77. The van der Waals surface area contributed by atoms with Gasteiger partial charge in [0.2, 0.25) is 0 Å². The van der Waals surface area contributed by atoms with Gasteiger partial charge in [0, 0.05) is 23.2 Å². The maximum Gasteiger partial charge on any atom is 0.489 e. The zero-order valence-electron chi connectivity index (χ0n) is 6.99. The Morgan fingerprint density at radius 3 is 2.38 bits per heavy atom. The maximum absolute atomic E-state index is 8.82. The number of halogens is 2. The molecule has 0 heterocycles. The van der Waals surface area contributed by atoms with Gasteiger partial charge in [0.1, 0.15) is 0 Å². The van der Waals surface area contributed by atoms with Gasteiger partial charge in [0.05, 0.1) is 0 Å². The van der Waals surface area contributed by atoms with Gasteiger partial charge in [-0.1, -0.05) is 17.7 Å². The average molecular weight is 222 g/mol. The molecule has 0 unspecified atom stereocenters. The van der Waals surface area contributed by atoms with Crippen molar-refractivity contribution in [2.75, 3.05) is 12.4 Å². The van der Waals surface area contributed by atoms with Crippen LogP contribution in [-0.2, 0) is 0 Å². The fourth-order valence-corrected chi connectivity index (χ4v) is 1.17. The molecular formula is C7H10BCl2NO2. The summed E-state index contributed by atoms with van der Waals surface area (Å²) in [5.41, 5.74) is 1.15. The van der Waals surface area contributed by atoms with Gasteiger partial charge < -0.3 is 15.4 Å². The molecular weight excluding hydrogens is 212 g/mol. The second-order valence-electron chi connectivity index (χ2n) is 2.36. The molecule has 0 aliphatic rings. The van der Waals surface area contributed by atoms with Gasteiger partial charge in [-0.3, -0.25) is 0 Å². The van der Waals surface area contributed by atoms with Gasteiger partial charge in [0.25, 0.3) is 0 Å². The maximum atomic E-state index is 8.82. The molecule has 3 nitrogen and oxygen atoms in total. The molecule has 0 amide bonds. The van der Waals surface area contributed by atoms with Crippen molar-refractivity contribution in [3.05, 3.63) is 23.2 Å². The Bertz CT molecular complexity index is 283. The lowest BCUT2D eigenvalue weighted by molar-refractivity contribution is 0.426. The number of rotatable bonds is 2. The molecule has 0 aliphatic carbocycles. The van der Waals surface area contributed by atoms with Gasteiger partial charge in [-0.15, -0.1) is 12.4 Å². The summed E-state index contributed by atoms with van der Waals surface area (Å²) in [5.74, 6) is 0. The Morgan fingerprint density at radius 2 is 2.00 bits per heavy atom. The predicted molar refractivity (Wildman–Crippen MR) is 58.1 cm³/mol. The van der Waals surface area contributed by atoms with Crippen LogP contribution in [-0.4, -0.2) is 24.2 Å². The molecule has 0 bridgehead atoms. The summed E-state index contributed by atoms with van der Waals surface area (Å²) < 4.78 is 0. The molecule has 1 rings (SSSR count). The van der Waals surface area contributed by atoms with Crippen LogP contribution in [0.2, 0.25) is 5.02 Å². The summed E-state index contributed by atoms with van der Waals surface area (Å²) in [6.07, 6.45) is 0. The standard InChI is InChI=1S/C7H9BClNO2.ClH/c1-10-5-2-3-6(8(11)12)7(9)4-5;/h2-4,10-12H,1H3;1H. The molecule has 72 valence electrons. The van der Waals surface area contributed by atoms with Crippen LogP contribution in [0, 0.1) is 0 Å². The lowest BCUT2D eigenvalue weighted by atomic mass is 9.80. The van der Waals surface area contributed by atoms with E-state index in [1.54, 1.807) is 25.2 Å². The Morgan fingerprint density at radius 1 is 1.38 bits per heavy atom. The molecule has 0 atom stereocenters. The Hall–Kier alpha value is -0.415. The van der Waals surface area contributed by atoms with Gasteiger partial charge in [0.15, 0.2) is 0 Å². The van der Waals surface area contributed by atoms with Crippen LogP contribution < -0.4 is 10.8 Å². The minimum absolute atomic E-state index is 0. The lowest BCUT2D eigenvalue weighted by Crippen LogP contribution is -2.30. The van der Waals surface area contributed by atoms with Gasteiger partial charge in [-0.2, -0.15) is 0 Å². The highest BCUT2D eigenvalue weighted by Gasteiger charge is 2.14. The van der Waals surface area contributed by atoms with E-state index in [-0.39, 0.29) is 12.4 Å². The van der Waals surface area contributed by atoms with E-state index >= 15 is 0 Å². The second kappa shape index (κ2) is 5.34. The van der Waals surface area contributed by atoms with Crippen LogP contribution in [0.4, 0.5) is 5.69 Å². The normalized spacial score (nSPS) is 8.92. The third-order valence-corrected chi connectivity index (χ3v) is 1.89. The zero-order valence-corrected chi connectivity index (χ0v) is 8.56. The molecule has 1 aromatic carbocycles. The smallest absolute Gasteiger partial charge is 0.423 e. The van der Waals surface area contributed by atoms with Crippen LogP contribution in [0.25, 0.3) is 0 Å². The quantitative estimate of drug-likeness (QED) is 0.638. The van der Waals surface area contributed by atoms with Crippen molar-refractivity contribution in [2.24, 2.45) is 0 Å². The molecule has 0 aromatic heterocycles. The van der Waals surface area contributed by atoms with E-state index in [2.05, 4.69) is 5.32 Å². The van der Waals surface area contributed by atoms with E-state index in [0.29, 0.717) is 10.5 Å². The third kappa shape index (κ3) is 3.08. The first-order valence-corrected chi connectivity index (χ1v) is 3.86. The summed E-state index contributed by atoms with van der Waals surface area (Å²) in [4.78, 5) is 0. The minimum atomic E-state index is -1.51. The molecule has 0 saturated carbocycles. The summed E-state index contributed by atoms with van der Waals surface area (Å²) >= 11 is 5.74. The van der Waals surface area contributed by atoms with E-state index < -0.39 is 7.12 Å². The number of anilines is 1. The van der Waals surface area contributed by atoms with Crippen LogP contribution >= 0.6 is 24.0 Å². The number of nitrogens with one attached hydrogen (secondary N) is 1. The minimum Gasteiger partial charge on any atom is -0.423 e. The SMILES string of the molecule is CNc1ccc(B(O)O)c(Cl)c1.Cl. The van der Waals surface area contributed by atoms with Crippen LogP contribution in [0.15, 0.2) is 18.2 Å². The molecule has 0 fully saturated rings. The molecule has 0 spiro atoms. The Balaban J connectivity index is 0.00000144. The van der Waals surface area contributed by atoms with Crippen LogP contribution in [0.1, 0.15) is 0 Å². The van der Waals surface area contributed by atoms with E-state index in [4.69, 9.17) is 21.6 Å². The molecule has 13 heavy (non-hydrogen) atoms. The van der Waals surface area contributed by atoms with E-state index in [1.807, 2.05) is 0 Å². The van der Waals surface area contributed by atoms with Crippen LogP contribution in [0.5, 0.6) is 0 Å². The van der Waals surface area contributed by atoms with E-state index in [1.165, 1.54) is 0 Å². The Kier molecular flexibility index (Phi) is 5.17. The van der Waals surface area contributed by atoms with E-state index in [9.17, 15) is 0 Å². The van der Waals surface area contributed by atoms with Crippen molar-refractivity contribution in [3.63, 3.8) is 0 Å². The molecule has 1 aromatic rings. The summed E-state index contributed by atoms with van der Waals surface area (Å²) in [6.45, 7) is 0. The summed E-state index contributed by atoms with van der Waals surface area (Å²) in [6, 6.07) is 4.93. The van der Waals surface area contributed by atoms with Gasteiger partial charge in [-0.25, -0.2) is 0 Å². The number of hydrogen-bond acceptors (Lipinski definition) is 3. The molecule has 0 saturated heterocycles. The van der Waals surface area contributed by atoms with Crippen LogP contribution in [0.3, 0.4) is 0 Å². The van der Waals surface area contributed by atoms with Crippen molar-refractivity contribution in [3.8, 4) is 0 Å². The number of hydrogen-bond donors (Lipinski definition) is 3. The molecule has 0 aliphatic heterocycles. The van der Waals surface area contributed by atoms with Crippen molar-refractivity contribution in [1.82, 2.24) is 0 Å². The Labute approximate surface area is 88.3 Å². The molecule has 6 heteroatoms. The summed E-state index contributed by atoms with van der Waals surface area (Å²) in [5, 5.41) is 20.9.